The van der Waals surface area contributed by atoms with Gasteiger partial charge in [-0.1, -0.05) is 48.4 Å². The summed E-state index contributed by atoms with van der Waals surface area (Å²) in [5, 5.41) is 0. The van der Waals surface area contributed by atoms with Crippen LogP contribution in [-0.2, 0) is 0 Å². The summed E-state index contributed by atoms with van der Waals surface area (Å²) in [5.41, 5.74) is 0. The van der Waals surface area contributed by atoms with Gasteiger partial charge in [-0.15, -0.1) is 6.58 Å². The Bertz CT molecular complexity index is 153. The third kappa shape index (κ3) is 2.75. The van der Waals surface area contributed by atoms with E-state index in [-0.39, 0.29) is 0 Å². The van der Waals surface area contributed by atoms with E-state index in [0.29, 0.717) is 3.42 Å². The van der Waals surface area contributed by atoms with E-state index < -0.39 is 0 Å². The second-order valence-corrected chi connectivity index (χ2v) is 6.05. The van der Waals surface area contributed by atoms with Crippen LogP contribution in [0.4, 0.5) is 0 Å². The second-order valence-electron chi connectivity index (χ2n) is 3.91. The number of unbranched alkanes of at least 4 members (excludes halogenated alkanes) is 1. The Kier molecular flexibility index (Phi) is 4.08. The summed E-state index contributed by atoms with van der Waals surface area (Å²) in [6.07, 6.45) is 10.3. The number of hydrogen-bond acceptors (Lipinski definition) is 0. The molecule has 0 nitrogen and oxygen atoms in total. The maximum atomic E-state index is 3.78. The van der Waals surface area contributed by atoms with Gasteiger partial charge >= 0.3 is 0 Å². The van der Waals surface area contributed by atoms with Crippen LogP contribution in [0.5, 0.6) is 0 Å². The van der Waals surface area contributed by atoms with Gasteiger partial charge in [0.25, 0.3) is 0 Å². The maximum absolute atomic E-state index is 3.78. The lowest BCUT2D eigenvalue weighted by Crippen LogP contribution is -2.00. The van der Waals surface area contributed by atoms with Crippen molar-refractivity contribution in [3.05, 3.63) is 12.7 Å². The highest BCUT2D eigenvalue weighted by molar-refractivity contribution is 14.1. The molecule has 0 bridgehead atoms. The zero-order valence-electron chi connectivity index (χ0n) is 7.98. The molecule has 1 rings (SSSR count). The molecule has 70 valence electrons. The summed E-state index contributed by atoms with van der Waals surface area (Å²) in [6.45, 7) is 6.05. The largest absolute Gasteiger partial charge is 0.103 e. The Morgan fingerprint density at radius 1 is 1.67 bits per heavy atom. The van der Waals surface area contributed by atoms with Crippen molar-refractivity contribution in [1.29, 1.82) is 0 Å². The van der Waals surface area contributed by atoms with Gasteiger partial charge in [-0.25, -0.2) is 0 Å². The van der Waals surface area contributed by atoms with Crippen LogP contribution in [0.1, 0.15) is 45.4 Å². The van der Waals surface area contributed by atoms with Crippen molar-refractivity contribution in [2.24, 2.45) is 5.92 Å². The van der Waals surface area contributed by atoms with Gasteiger partial charge in [-0.2, -0.15) is 0 Å². The van der Waals surface area contributed by atoms with Crippen LogP contribution in [0, 0.1) is 5.92 Å². The standard InChI is InChI=1S/C11H19I/c1-3-5-7-10-9-11(10,12)8-6-4-2/h4,10H,2-3,5-9H2,1H3/t10-,11-/m0/s1. The summed E-state index contributed by atoms with van der Waals surface area (Å²) in [6, 6.07) is 0. The molecule has 0 heterocycles. The van der Waals surface area contributed by atoms with E-state index in [9.17, 15) is 0 Å². The molecule has 0 amide bonds. The van der Waals surface area contributed by atoms with Crippen LogP contribution in [0.2, 0.25) is 0 Å². The minimum Gasteiger partial charge on any atom is -0.103 e. The molecular weight excluding hydrogens is 259 g/mol. The van der Waals surface area contributed by atoms with Crippen LogP contribution in [0.15, 0.2) is 12.7 Å². The van der Waals surface area contributed by atoms with Crippen molar-refractivity contribution >= 4 is 22.6 Å². The molecule has 12 heavy (non-hydrogen) atoms. The molecule has 1 saturated carbocycles. The molecule has 0 aromatic heterocycles. The second kappa shape index (κ2) is 4.64. The minimum absolute atomic E-state index is 0.668. The van der Waals surface area contributed by atoms with Gasteiger partial charge in [-0.3, -0.25) is 0 Å². The summed E-state index contributed by atoms with van der Waals surface area (Å²) in [5.74, 6) is 1.03. The molecule has 1 aliphatic carbocycles. The lowest BCUT2D eigenvalue weighted by molar-refractivity contribution is 0.614. The molecule has 2 atom stereocenters. The van der Waals surface area contributed by atoms with E-state index in [2.05, 4.69) is 42.2 Å². The van der Waals surface area contributed by atoms with Crippen LogP contribution < -0.4 is 0 Å². The topological polar surface area (TPSA) is 0 Å². The minimum atomic E-state index is 0.668. The average molecular weight is 278 g/mol. The fourth-order valence-electron chi connectivity index (χ4n) is 1.81. The van der Waals surface area contributed by atoms with Crippen LogP contribution >= 0.6 is 22.6 Å². The molecule has 0 aromatic carbocycles. The van der Waals surface area contributed by atoms with Crippen molar-refractivity contribution in [3.8, 4) is 0 Å². The van der Waals surface area contributed by atoms with E-state index in [0.717, 1.165) is 5.92 Å². The highest BCUT2D eigenvalue weighted by Crippen LogP contribution is 2.57. The monoisotopic (exact) mass is 278 g/mol. The van der Waals surface area contributed by atoms with Gasteiger partial charge in [0.05, 0.1) is 0 Å². The summed E-state index contributed by atoms with van der Waals surface area (Å²) < 4.78 is 0.668. The molecule has 1 fully saturated rings. The highest BCUT2D eigenvalue weighted by Gasteiger charge is 2.49. The first-order valence-corrected chi connectivity index (χ1v) is 6.10. The molecular formula is C11H19I. The predicted octanol–water partition coefficient (Wildman–Crippen LogP) is 4.34. The Balaban J connectivity index is 2.14. The lowest BCUT2D eigenvalue weighted by Gasteiger charge is -2.06. The van der Waals surface area contributed by atoms with Crippen molar-refractivity contribution in [2.45, 2.75) is 48.9 Å². The van der Waals surface area contributed by atoms with E-state index in [1.165, 1.54) is 38.5 Å². The van der Waals surface area contributed by atoms with Gasteiger partial charge < -0.3 is 0 Å². The van der Waals surface area contributed by atoms with Crippen LogP contribution in [0.3, 0.4) is 0 Å². The summed E-state index contributed by atoms with van der Waals surface area (Å²) in [4.78, 5) is 0. The SMILES string of the molecule is C=CCC[C@]1(I)C[C@@H]1CCCC. The Morgan fingerprint density at radius 2 is 2.42 bits per heavy atom. The highest BCUT2D eigenvalue weighted by atomic mass is 127. The fraction of sp³-hybridized carbons (Fsp3) is 0.818. The zero-order chi connectivity index (χ0) is 9.03. The molecule has 0 aliphatic heterocycles. The fourth-order valence-corrected chi connectivity index (χ4v) is 2.96. The zero-order valence-corrected chi connectivity index (χ0v) is 10.1. The number of rotatable bonds is 6. The Morgan fingerprint density at radius 3 is 3.00 bits per heavy atom. The first kappa shape index (κ1) is 10.6. The molecule has 0 saturated heterocycles. The number of alkyl halides is 1. The third-order valence-corrected chi connectivity index (χ3v) is 4.69. The van der Waals surface area contributed by atoms with Crippen molar-refractivity contribution in [3.63, 3.8) is 0 Å². The van der Waals surface area contributed by atoms with Gasteiger partial charge in [0, 0.05) is 3.42 Å². The predicted molar refractivity (Wildman–Crippen MR) is 63.8 cm³/mol. The molecule has 1 aliphatic rings. The van der Waals surface area contributed by atoms with Crippen LogP contribution in [-0.4, -0.2) is 3.42 Å². The quantitative estimate of drug-likeness (QED) is 0.385. The average Bonchev–Trinajstić information content (AvgIpc) is 2.71. The van der Waals surface area contributed by atoms with E-state index in [4.69, 9.17) is 0 Å². The van der Waals surface area contributed by atoms with Crippen molar-refractivity contribution in [1.82, 2.24) is 0 Å². The summed E-state index contributed by atoms with van der Waals surface area (Å²) in [7, 11) is 0. The molecule has 0 aromatic rings. The molecule has 0 N–H and O–H groups in total. The van der Waals surface area contributed by atoms with Gasteiger partial charge in [0.2, 0.25) is 0 Å². The normalized spacial score (nSPS) is 33.3. The Hall–Kier alpha value is 0.470. The van der Waals surface area contributed by atoms with E-state index in [1.807, 2.05) is 0 Å². The van der Waals surface area contributed by atoms with Gasteiger partial charge in [0.15, 0.2) is 0 Å². The summed E-state index contributed by atoms with van der Waals surface area (Å²) >= 11 is 2.67. The van der Waals surface area contributed by atoms with Gasteiger partial charge in [-0.05, 0) is 31.6 Å². The number of allylic oxidation sites excluding steroid dienone is 1. The van der Waals surface area contributed by atoms with Crippen molar-refractivity contribution < 1.29 is 0 Å². The third-order valence-electron chi connectivity index (χ3n) is 2.83. The number of hydrogen-bond donors (Lipinski definition) is 0. The van der Waals surface area contributed by atoms with Crippen LogP contribution in [0.25, 0.3) is 0 Å². The first-order valence-electron chi connectivity index (χ1n) is 5.02. The molecule has 0 spiro atoms. The molecule has 1 heteroatoms. The maximum Gasteiger partial charge on any atom is 0.0257 e. The Labute approximate surface area is 90.0 Å². The molecule has 0 unspecified atom stereocenters. The molecule has 0 radical (unpaired) electrons. The smallest absolute Gasteiger partial charge is 0.0257 e. The van der Waals surface area contributed by atoms with E-state index in [1.54, 1.807) is 0 Å². The number of halogens is 1. The van der Waals surface area contributed by atoms with Gasteiger partial charge in [0.1, 0.15) is 0 Å². The van der Waals surface area contributed by atoms with E-state index >= 15 is 0 Å². The van der Waals surface area contributed by atoms with Crippen molar-refractivity contribution in [2.75, 3.05) is 0 Å². The first-order chi connectivity index (χ1) is 5.73. The lowest BCUT2D eigenvalue weighted by atomic mass is 10.1.